The van der Waals surface area contributed by atoms with Gasteiger partial charge in [0.15, 0.2) is 0 Å². The maximum atomic E-state index is 13.9. The normalized spacial score (nSPS) is 10.2. The molecule has 0 saturated heterocycles. The molecule has 110 valence electrons. The van der Waals surface area contributed by atoms with Crippen molar-refractivity contribution in [3.63, 3.8) is 0 Å². The second kappa shape index (κ2) is 6.23. The number of anilines is 1. The Hall–Kier alpha value is -2.60. The van der Waals surface area contributed by atoms with Gasteiger partial charge in [0.25, 0.3) is 5.91 Å². The molecule has 0 heterocycles. The molecule has 0 aliphatic heterocycles. The highest BCUT2D eigenvalue weighted by Gasteiger charge is 2.11. The average molecular weight is 289 g/mol. The number of amides is 1. The van der Waals surface area contributed by atoms with Crippen LogP contribution in [-0.2, 0) is 6.54 Å². The van der Waals surface area contributed by atoms with E-state index in [2.05, 4.69) is 0 Å². The van der Waals surface area contributed by atoms with Crippen LogP contribution in [0.3, 0.4) is 0 Å². The van der Waals surface area contributed by atoms with Gasteiger partial charge in [0, 0.05) is 36.5 Å². The van der Waals surface area contributed by atoms with Crippen LogP contribution in [0.25, 0.3) is 0 Å². The highest BCUT2D eigenvalue weighted by atomic mass is 19.1. The minimum absolute atomic E-state index is 0.135. The lowest BCUT2D eigenvalue weighted by Gasteiger charge is -2.20. The van der Waals surface area contributed by atoms with Gasteiger partial charge in [0.05, 0.1) is 0 Å². The largest absolute Gasteiger partial charge is 0.508 e. The predicted octanol–water partition coefficient (Wildman–Crippen LogP) is 1.77. The first-order chi connectivity index (χ1) is 10.0. The first kappa shape index (κ1) is 14.8. The van der Waals surface area contributed by atoms with Crippen LogP contribution in [0.15, 0.2) is 42.5 Å². The second-order valence-electron chi connectivity index (χ2n) is 4.66. The zero-order valence-corrected chi connectivity index (χ0v) is 11.5. The van der Waals surface area contributed by atoms with Crippen molar-refractivity contribution in [3.05, 3.63) is 59.4 Å². The third kappa shape index (κ3) is 3.49. The van der Waals surface area contributed by atoms with E-state index in [-0.39, 0.29) is 12.3 Å². The summed E-state index contributed by atoms with van der Waals surface area (Å²) in [5.41, 5.74) is 3.40. The smallest absolute Gasteiger partial charge is 0.265 e. The standard InChI is InChI=1S/C15H16FN3O2/c1-19(12-3-2-4-13(20)8-12)9-11-7-10(15(21)18-17)5-6-14(11)16/h2-8,20H,9,17H2,1H3,(H,18,21). The third-order valence-electron chi connectivity index (χ3n) is 3.12. The molecule has 0 aromatic heterocycles. The number of hydrogen-bond acceptors (Lipinski definition) is 4. The molecule has 5 nitrogen and oxygen atoms in total. The number of phenols is 1. The quantitative estimate of drug-likeness (QED) is 0.455. The Balaban J connectivity index is 2.24. The number of carbonyl (C=O) groups excluding carboxylic acids is 1. The topological polar surface area (TPSA) is 78.6 Å². The van der Waals surface area contributed by atoms with E-state index >= 15 is 0 Å². The lowest BCUT2D eigenvalue weighted by Crippen LogP contribution is -2.30. The van der Waals surface area contributed by atoms with Gasteiger partial charge in [-0.05, 0) is 30.3 Å². The number of benzene rings is 2. The van der Waals surface area contributed by atoms with Crippen molar-refractivity contribution in [2.75, 3.05) is 11.9 Å². The molecule has 21 heavy (non-hydrogen) atoms. The van der Waals surface area contributed by atoms with Crippen molar-refractivity contribution >= 4 is 11.6 Å². The van der Waals surface area contributed by atoms with E-state index < -0.39 is 11.7 Å². The fourth-order valence-electron chi connectivity index (χ4n) is 2.00. The molecule has 4 N–H and O–H groups in total. The first-order valence-corrected chi connectivity index (χ1v) is 6.31. The van der Waals surface area contributed by atoms with Gasteiger partial charge in [-0.3, -0.25) is 10.2 Å². The van der Waals surface area contributed by atoms with Gasteiger partial charge >= 0.3 is 0 Å². The van der Waals surface area contributed by atoms with E-state index in [0.29, 0.717) is 11.1 Å². The Kier molecular flexibility index (Phi) is 4.39. The van der Waals surface area contributed by atoms with Crippen molar-refractivity contribution in [2.45, 2.75) is 6.54 Å². The molecular weight excluding hydrogens is 273 g/mol. The Morgan fingerprint density at radius 1 is 1.33 bits per heavy atom. The monoisotopic (exact) mass is 289 g/mol. The molecule has 0 atom stereocenters. The Morgan fingerprint density at radius 2 is 2.10 bits per heavy atom. The molecule has 0 aliphatic rings. The van der Waals surface area contributed by atoms with Crippen molar-refractivity contribution in [3.8, 4) is 5.75 Å². The summed E-state index contributed by atoms with van der Waals surface area (Å²) < 4.78 is 13.9. The van der Waals surface area contributed by atoms with Gasteiger partial charge < -0.3 is 10.0 Å². The number of carbonyl (C=O) groups is 1. The highest BCUT2D eigenvalue weighted by molar-refractivity contribution is 5.93. The summed E-state index contributed by atoms with van der Waals surface area (Å²) in [5.74, 6) is 4.32. The van der Waals surface area contributed by atoms with Crippen LogP contribution in [0.5, 0.6) is 5.75 Å². The molecule has 2 aromatic rings. The molecule has 6 heteroatoms. The van der Waals surface area contributed by atoms with E-state index in [0.717, 1.165) is 5.69 Å². The van der Waals surface area contributed by atoms with Crippen LogP contribution in [0.1, 0.15) is 15.9 Å². The maximum Gasteiger partial charge on any atom is 0.265 e. The van der Waals surface area contributed by atoms with E-state index in [9.17, 15) is 14.3 Å². The van der Waals surface area contributed by atoms with Gasteiger partial charge in [-0.2, -0.15) is 0 Å². The number of hydrogen-bond donors (Lipinski definition) is 3. The number of nitrogens with two attached hydrogens (primary N) is 1. The summed E-state index contributed by atoms with van der Waals surface area (Å²) in [4.78, 5) is 13.2. The van der Waals surface area contributed by atoms with Crippen LogP contribution in [0.4, 0.5) is 10.1 Å². The lowest BCUT2D eigenvalue weighted by molar-refractivity contribution is 0.0953. The minimum Gasteiger partial charge on any atom is -0.508 e. The molecule has 1 amide bonds. The van der Waals surface area contributed by atoms with Gasteiger partial charge in [-0.25, -0.2) is 10.2 Å². The van der Waals surface area contributed by atoms with E-state index in [1.165, 1.54) is 18.2 Å². The fraction of sp³-hybridized carbons (Fsp3) is 0.133. The summed E-state index contributed by atoms with van der Waals surface area (Å²) in [6.45, 7) is 0.251. The summed E-state index contributed by atoms with van der Waals surface area (Å²) in [5, 5.41) is 9.46. The summed E-state index contributed by atoms with van der Waals surface area (Å²) in [6, 6.07) is 10.7. The number of nitrogen functional groups attached to an aromatic ring is 1. The number of nitrogens with one attached hydrogen (secondary N) is 1. The summed E-state index contributed by atoms with van der Waals surface area (Å²) in [7, 11) is 1.77. The zero-order chi connectivity index (χ0) is 15.4. The Morgan fingerprint density at radius 3 is 2.76 bits per heavy atom. The molecule has 2 aromatic carbocycles. The molecule has 0 saturated carbocycles. The molecular formula is C15H16FN3O2. The van der Waals surface area contributed by atoms with Crippen LogP contribution >= 0.6 is 0 Å². The van der Waals surface area contributed by atoms with Gasteiger partial charge in [-0.1, -0.05) is 6.07 Å². The maximum absolute atomic E-state index is 13.9. The van der Waals surface area contributed by atoms with E-state index in [1.807, 2.05) is 5.43 Å². The second-order valence-corrected chi connectivity index (χ2v) is 4.66. The van der Waals surface area contributed by atoms with Crippen LogP contribution in [-0.4, -0.2) is 18.1 Å². The number of rotatable bonds is 4. The van der Waals surface area contributed by atoms with Gasteiger partial charge in [0.1, 0.15) is 11.6 Å². The minimum atomic E-state index is -0.476. The number of halogens is 1. The molecule has 2 rings (SSSR count). The van der Waals surface area contributed by atoms with Crippen molar-refractivity contribution in [1.82, 2.24) is 5.43 Å². The van der Waals surface area contributed by atoms with Crippen LogP contribution < -0.4 is 16.2 Å². The Labute approximate surface area is 121 Å². The molecule has 0 unspecified atom stereocenters. The number of hydrazine groups is 1. The molecule has 0 bridgehead atoms. The Bertz CT molecular complexity index is 661. The summed E-state index contributed by atoms with van der Waals surface area (Å²) in [6.07, 6.45) is 0. The van der Waals surface area contributed by atoms with Gasteiger partial charge in [0.2, 0.25) is 0 Å². The lowest BCUT2D eigenvalue weighted by atomic mass is 10.1. The van der Waals surface area contributed by atoms with E-state index in [1.54, 1.807) is 36.2 Å². The fourth-order valence-corrected chi connectivity index (χ4v) is 2.00. The highest BCUT2D eigenvalue weighted by Crippen LogP contribution is 2.21. The van der Waals surface area contributed by atoms with E-state index in [4.69, 9.17) is 5.84 Å². The van der Waals surface area contributed by atoms with Crippen LogP contribution in [0.2, 0.25) is 0 Å². The number of phenolic OH excluding ortho intramolecular Hbond substituents is 1. The number of nitrogens with zero attached hydrogens (tertiary/aromatic N) is 1. The molecule has 0 aliphatic carbocycles. The first-order valence-electron chi connectivity index (χ1n) is 6.31. The average Bonchev–Trinajstić information content (AvgIpc) is 2.48. The van der Waals surface area contributed by atoms with Crippen molar-refractivity contribution < 1.29 is 14.3 Å². The predicted molar refractivity (Wildman–Crippen MR) is 78.3 cm³/mol. The van der Waals surface area contributed by atoms with Crippen molar-refractivity contribution in [1.29, 1.82) is 0 Å². The summed E-state index contributed by atoms with van der Waals surface area (Å²) >= 11 is 0. The van der Waals surface area contributed by atoms with Crippen molar-refractivity contribution in [2.24, 2.45) is 5.84 Å². The molecule has 0 radical (unpaired) electrons. The van der Waals surface area contributed by atoms with Gasteiger partial charge in [-0.15, -0.1) is 0 Å². The number of aromatic hydroxyl groups is 1. The molecule has 0 fully saturated rings. The molecule has 0 spiro atoms. The van der Waals surface area contributed by atoms with Crippen LogP contribution in [0, 0.1) is 5.82 Å². The zero-order valence-electron chi connectivity index (χ0n) is 11.5. The SMILES string of the molecule is CN(Cc1cc(C(=O)NN)ccc1F)c1cccc(O)c1. The third-order valence-corrected chi connectivity index (χ3v) is 3.12.